The predicted molar refractivity (Wildman–Crippen MR) is 63.2 cm³/mol. The van der Waals surface area contributed by atoms with Crippen LogP contribution in [0.5, 0.6) is 0 Å². The second-order valence-corrected chi connectivity index (χ2v) is 4.01. The molecular weight excluding hydrogens is 240 g/mol. The molecule has 0 unspecified atom stereocenters. The van der Waals surface area contributed by atoms with Crippen LogP contribution < -0.4 is 0 Å². The van der Waals surface area contributed by atoms with E-state index in [-0.39, 0.29) is 6.61 Å². The second kappa shape index (κ2) is 3.87. The van der Waals surface area contributed by atoms with Crippen molar-refractivity contribution >= 4 is 17.2 Å². The van der Waals surface area contributed by atoms with E-state index in [0.717, 1.165) is 5.65 Å². The van der Waals surface area contributed by atoms with Crippen LogP contribution in [0.25, 0.3) is 11.5 Å². The normalized spacial score (nSPS) is 11.2. The molecule has 0 saturated heterocycles. The SMILES string of the molecule is OCc1c(-n2cc(Cl)cn2)nc2ccccn12. The van der Waals surface area contributed by atoms with E-state index in [4.69, 9.17) is 11.6 Å². The van der Waals surface area contributed by atoms with Gasteiger partial charge in [0.25, 0.3) is 0 Å². The van der Waals surface area contributed by atoms with Gasteiger partial charge < -0.3 is 5.11 Å². The molecule has 1 N–H and O–H groups in total. The predicted octanol–water partition coefficient (Wildman–Crippen LogP) is 1.67. The van der Waals surface area contributed by atoms with Crippen LogP contribution >= 0.6 is 11.6 Å². The van der Waals surface area contributed by atoms with Crippen molar-refractivity contribution in [1.82, 2.24) is 19.2 Å². The summed E-state index contributed by atoms with van der Waals surface area (Å²) in [6.07, 6.45) is 5.04. The van der Waals surface area contributed by atoms with E-state index in [1.54, 1.807) is 10.9 Å². The van der Waals surface area contributed by atoms with E-state index in [9.17, 15) is 5.11 Å². The van der Waals surface area contributed by atoms with E-state index < -0.39 is 0 Å². The van der Waals surface area contributed by atoms with Crippen LogP contribution in [0.1, 0.15) is 5.69 Å². The minimum Gasteiger partial charge on any atom is -0.390 e. The zero-order chi connectivity index (χ0) is 11.8. The van der Waals surface area contributed by atoms with Gasteiger partial charge in [0.1, 0.15) is 5.65 Å². The molecule has 0 amide bonds. The van der Waals surface area contributed by atoms with Crippen LogP contribution in [0.3, 0.4) is 0 Å². The van der Waals surface area contributed by atoms with Crippen LogP contribution in [-0.2, 0) is 6.61 Å². The highest BCUT2D eigenvalue weighted by Gasteiger charge is 2.13. The maximum Gasteiger partial charge on any atom is 0.178 e. The van der Waals surface area contributed by atoms with E-state index in [1.807, 2.05) is 28.8 Å². The highest BCUT2D eigenvalue weighted by Crippen LogP contribution is 2.18. The Kier molecular flexibility index (Phi) is 2.35. The Morgan fingerprint density at radius 1 is 1.35 bits per heavy atom. The van der Waals surface area contributed by atoms with E-state index in [0.29, 0.717) is 16.5 Å². The smallest absolute Gasteiger partial charge is 0.178 e. The van der Waals surface area contributed by atoms with Crippen LogP contribution in [-0.4, -0.2) is 24.3 Å². The average molecular weight is 249 g/mol. The molecule has 6 heteroatoms. The minimum absolute atomic E-state index is 0.113. The largest absolute Gasteiger partial charge is 0.390 e. The second-order valence-electron chi connectivity index (χ2n) is 3.57. The lowest BCUT2D eigenvalue weighted by atomic mass is 10.4. The number of aliphatic hydroxyl groups excluding tert-OH is 1. The Morgan fingerprint density at radius 3 is 2.94 bits per heavy atom. The number of halogens is 1. The third-order valence-corrected chi connectivity index (χ3v) is 2.72. The maximum atomic E-state index is 9.44. The van der Waals surface area contributed by atoms with Crippen molar-refractivity contribution in [1.29, 1.82) is 0 Å². The quantitative estimate of drug-likeness (QED) is 0.751. The van der Waals surface area contributed by atoms with Gasteiger partial charge in [-0.25, -0.2) is 9.67 Å². The number of aromatic nitrogens is 4. The first-order chi connectivity index (χ1) is 8.29. The summed E-state index contributed by atoms with van der Waals surface area (Å²) in [6.45, 7) is -0.113. The Bertz CT molecular complexity index is 673. The number of pyridine rings is 1. The van der Waals surface area contributed by atoms with Crippen LogP contribution in [0.2, 0.25) is 5.02 Å². The molecule has 0 saturated carbocycles. The fourth-order valence-corrected chi connectivity index (χ4v) is 1.92. The zero-order valence-corrected chi connectivity index (χ0v) is 9.54. The fourth-order valence-electron chi connectivity index (χ4n) is 1.78. The Morgan fingerprint density at radius 2 is 2.24 bits per heavy atom. The third kappa shape index (κ3) is 1.60. The molecular formula is C11H9ClN4O. The first kappa shape index (κ1) is 10.3. The third-order valence-electron chi connectivity index (χ3n) is 2.53. The maximum absolute atomic E-state index is 9.44. The van der Waals surface area contributed by atoms with Gasteiger partial charge in [-0.15, -0.1) is 0 Å². The van der Waals surface area contributed by atoms with Gasteiger partial charge in [0.2, 0.25) is 0 Å². The summed E-state index contributed by atoms with van der Waals surface area (Å²) in [7, 11) is 0. The molecule has 0 aliphatic heterocycles. The van der Waals surface area contributed by atoms with Crippen LogP contribution in [0.4, 0.5) is 0 Å². The van der Waals surface area contributed by atoms with Gasteiger partial charge in [-0.1, -0.05) is 17.7 Å². The molecule has 3 heterocycles. The first-order valence-corrected chi connectivity index (χ1v) is 5.45. The summed E-state index contributed by atoms with van der Waals surface area (Å²) >= 11 is 5.82. The van der Waals surface area contributed by atoms with Gasteiger partial charge >= 0.3 is 0 Å². The Hall–Kier alpha value is -1.85. The molecule has 0 bridgehead atoms. The lowest BCUT2D eigenvalue weighted by molar-refractivity contribution is 0.275. The molecule has 0 aliphatic rings. The molecule has 3 aromatic rings. The Balaban J connectivity index is 2.29. The number of hydrogen-bond donors (Lipinski definition) is 1. The molecule has 0 aromatic carbocycles. The summed E-state index contributed by atoms with van der Waals surface area (Å²) < 4.78 is 3.38. The van der Waals surface area contributed by atoms with Gasteiger partial charge in [-0.2, -0.15) is 5.10 Å². The molecule has 0 atom stereocenters. The van der Waals surface area contributed by atoms with E-state index >= 15 is 0 Å². The molecule has 86 valence electrons. The van der Waals surface area contributed by atoms with Crippen molar-refractivity contribution in [3.8, 4) is 5.82 Å². The van der Waals surface area contributed by atoms with Crippen molar-refractivity contribution in [3.63, 3.8) is 0 Å². The number of aliphatic hydroxyl groups is 1. The topological polar surface area (TPSA) is 55.3 Å². The summed E-state index contributed by atoms with van der Waals surface area (Å²) in [6, 6.07) is 5.64. The van der Waals surface area contributed by atoms with Crippen molar-refractivity contribution in [2.75, 3.05) is 0 Å². The van der Waals surface area contributed by atoms with Gasteiger partial charge in [0, 0.05) is 6.20 Å². The van der Waals surface area contributed by atoms with Crippen molar-refractivity contribution < 1.29 is 5.11 Å². The number of imidazole rings is 1. The molecule has 3 aromatic heterocycles. The first-order valence-electron chi connectivity index (χ1n) is 5.07. The number of nitrogens with zero attached hydrogens (tertiary/aromatic N) is 4. The summed E-state index contributed by atoms with van der Waals surface area (Å²) in [5.41, 5.74) is 1.44. The van der Waals surface area contributed by atoms with Gasteiger partial charge in [0.05, 0.1) is 29.7 Å². The lowest BCUT2D eigenvalue weighted by Crippen LogP contribution is -2.01. The standard InChI is InChI=1S/C11H9ClN4O/c12-8-5-13-16(6-8)11-9(7-17)15-4-2-1-3-10(15)14-11/h1-6,17H,7H2. The van der Waals surface area contributed by atoms with E-state index in [1.165, 1.54) is 6.20 Å². The van der Waals surface area contributed by atoms with Crippen molar-refractivity contribution in [2.24, 2.45) is 0 Å². The summed E-state index contributed by atoms with van der Waals surface area (Å²) in [4.78, 5) is 4.41. The average Bonchev–Trinajstić information content (AvgIpc) is 2.91. The minimum atomic E-state index is -0.113. The van der Waals surface area contributed by atoms with Crippen molar-refractivity contribution in [2.45, 2.75) is 6.61 Å². The Labute approximate surface area is 102 Å². The zero-order valence-electron chi connectivity index (χ0n) is 8.79. The lowest BCUT2D eigenvalue weighted by Gasteiger charge is -2.00. The molecule has 0 radical (unpaired) electrons. The molecule has 0 aliphatic carbocycles. The monoisotopic (exact) mass is 248 g/mol. The van der Waals surface area contributed by atoms with Crippen molar-refractivity contribution in [3.05, 3.63) is 47.5 Å². The number of rotatable bonds is 2. The fraction of sp³-hybridized carbons (Fsp3) is 0.0909. The molecule has 0 spiro atoms. The van der Waals surface area contributed by atoms with Crippen LogP contribution in [0, 0.1) is 0 Å². The van der Waals surface area contributed by atoms with Crippen LogP contribution in [0.15, 0.2) is 36.8 Å². The highest BCUT2D eigenvalue weighted by molar-refractivity contribution is 6.30. The number of fused-ring (bicyclic) bond motifs is 1. The summed E-state index contributed by atoms with van der Waals surface area (Å²) in [5.74, 6) is 0.589. The molecule has 17 heavy (non-hydrogen) atoms. The molecule has 0 fully saturated rings. The van der Waals surface area contributed by atoms with E-state index in [2.05, 4.69) is 10.1 Å². The van der Waals surface area contributed by atoms with Gasteiger partial charge in [-0.05, 0) is 12.1 Å². The van der Waals surface area contributed by atoms with Gasteiger partial charge in [0.15, 0.2) is 5.82 Å². The molecule has 5 nitrogen and oxygen atoms in total. The summed E-state index contributed by atoms with van der Waals surface area (Å²) in [5, 5.41) is 14.1. The highest BCUT2D eigenvalue weighted by atomic mass is 35.5. The number of hydrogen-bond acceptors (Lipinski definition) is 3. The van der Waals surface area contributed by atoms with Gasteiger partial charge in [-0.3, -0.25) is 4.40 Å². The molecule has 3 rings (SSSR count).